The number of aryl methyl sites for hydroxylation is 2. The highest BCUT2D eigenvalue weighted by Gasteiger charge is 2.38. The predicted octanol–water partition coefficient (Wildman–Crippen LogP) is 7.06. The van der Waals surface area contributed by atoms with Crippen molar-refractivity contribution in [1.82, 2.24) is 40.9 Å². The SMILES string of the molecule is Cc1ccc(S(N)(=O)=O)c([C@@H]2CCN(CCOCCNC(=O)NCCCCNC(=O)NCCOCCN3CC[C@@H](c4c(S(N)(=O)=O)ccc(C)c4C4CN(C)Cc5c(Cl)cc(Cl)cc54)C3)C2)c1C1CN(C)Cc2c(Cl)cc(Cl)cc21. The fraction of sp³-hybridized carbons (Fsp3) is 0.536. The quantitative estimate of drug-likeness (QED) is 0.0410. The molecule has 4 aliphatic rings. The van der Waals surface area contributed by atoms with Gasteiger partial charge in [0.1, 0.15) is 0 Å². The number of likely N-dealkylation sites (N-methyl/N-ethyl adjacent to an activating group) is 2. The average molecular weight is 1220 g/mol. The fourth-order valence-electron chi connectivity index (χ4n) is 12.3. The van der Waals surface area contributed by atoms with Crippen LogP contribution < -0.4 is 31.5 Å². The van der Waals surface area contributed by atoms with E-state index in [-0.39, 0.29) is 45.5 Å². The summed E-state index contributed by atoms with van der Waals surface area (Å²) in [6.45, 7) is 13.9. The van der Waals surface area contributed by atoms with E-state index in [1.807, 2.05) is 52.2 Å². The highest BCUT2D eigenvalue weighted by molar-refractivity contribution is 7.89. The van der Waals surface area contributed by atoms with Gasteiger partial charge in [0.05, 0.1) is 36.2 Å². The molecule has 0 radical (unpaired) electrons. The van der Waals surface area contributed by atoms with Crippen LogP contribution in [0.15, 0.2) is 58.3 Å². The topological polar surface area (TPSA) is 234 Å². The number of halogens is 4. The van der Waals surface area contributed by atoms with Crippen LogP contribution in [0.5, 0.6) is 0 Å². The number of fused-ring (bicyclic) bond motifs is 2. The number of benzene rings is 4. The van der Waals surface area contributed by atoms with Crippen LogP contribution in [0, 0.1) is 13.8 Å². The van der Waals surface area contributed by atoms with Crippen LogP contribution in [0.2, 0.25) is 20.1 Å². The second-order valence-corrected chi connectivity index (χ2v) is 26.5. The van der Waals surface area contributed by atoms with Gasteiger partial charge >= 0.3 is 12.1 Å². The number of urea groups is 2. The smallest absolute Gasteiger partial charge is 0.314 e. The van der Waals surface area contributed by atoms with Gasteiger partial charge in [0, 0.05) is 110 Å². The maximum atomic E-state index is 13.1. The van der Waals surface area contributed by atoms with Crippen molar-refractivity contribution in [3.63, 3.8) is 0 Å². The molecule has 2 unspecified atom stereocenters. The zero-order chi connectivity index (χ0) is 57.5. The number of hydrogen-bond donors (Lipinski definition) is 6. The molecule has 0 bridgehead atoms. The van der Waals surface area contributed by atoms with Crippen molar-refractivity contribution in [2.75, 3.05) is 119 Å². The van der Waals surface area contributed by atoms with Crippen LogP contribution in [-0.4, -0.2) is 168 Å². The van der Waals surface area contributed by atoms with Crippen LogP contribution in [0.1, 0.15) is 105 Å². The maximum absolute atomic E-state index is 13.1. The minimum Gasteiger partial charge on any atom is -0.378 e. The molecule has 4 atom stereocenters. The lowest BCUT2D eigenvalue weighted by Crippen LogP contribution is -2.39. The molecule has 0 spiro atoms. The third-order valence-electron chi connectivity index (χ3n) is 15.9. The van der Waals surface area contributed by atoms with E-state index in [9.17, 15) is 26.4 Å². The number of hydrogen-bond acceptors (Lipinski definition) is 12. The van der Waals surface area contributed by atoms with Crippen molar-refractivity contribution in [3.05, 3.63) is 124 Å². The molecular weight excluding hydrogens is 1150 g/mol. The van der Waals surface area contributed by atoms with E-state index in [0.29, 0.717) is 138 Å². The monoisotopic (exact) mass is 1220 g/mol. The normalized spacial score (nSPS) is 20.2. The first-order chi connectivity index (χ1) is 38.1. The van der Waals surface area contributed by atoms with E-state index in [2.05, 4.69) is 40.9 Å². The van der Waals surface area contributed by atoms with Crippen LogP contribution in [0.4, 0.5) is 9.59 Å². The summed E-state index contributed by atoms with van der Waals surface area (Å²) < 4.78 is 64.2. The number of primary sulfonamides is 2. The molecule has 0 aromatic heterocycles. The van der Waals surface area contributed by atoms with Crippen molar-refractivity contribution < 1.29 is 35.9 Å². The Bertz CT molecular complexity index is 2920. The first-order valence-corrected chi connectivity index (χ1v) is 32.0. The van der Waals surface area contributed by atoms with Gasteiger partial charge in [0.25, 0.3) is 0 Å². The number of nitrogens with one attached hydrogen (secondary N) is 4. The van der Waals surface area contributed by atoms with Crippen LogP contribution in [0.3, 0.4) is 0 Å². The third-order valence-corrected chi connectivity index (χ3v) is 19.0. The van der Waals surface area contributed by atoms with Crippen LogP contribution in [-0.2, 0) is 42.6 Å². The Morgan fingerprint density at radius 3 is 1.34 bits per heavy atom. The Morgan fingerprint density at radius 2 is 0.950 bits per heavy atom. The van der Waals surface area contributed by atoms with Gasteiger partial charge in [-0.15, -0.1) is 0 Å². The molecule has 18 nitrogen and oxygen atoms in total. The van der Waals surface area contributed by atoms with E-state index in [4.69, 9.17) is 66.2 Å². The standard InChI is InChI=1S/C56H76Cl4N10O8S2/c1-35-7-9-49(79(61,73)74)53(51(35)45-33-67(3)31-43-41(45)25-39(57)27-47(43)59)37-11-17-69(29-37)19-23-77-21-15-65-55(71)63-13-5-6-14-64-56(72)66-16-22-78-24-20-70-18-12-38(30-70)54-50(80(62,75)76)10-8-36(2)52(54)46-34-68(4)32-44-42(46)26-40(58)28-48(44)60/h7-10,25-28,37-38,45-46H,5-6,11-24,29-34H2,1-4H3,(H2,61,73,74)(H2,62,75,76)(H2,63,65,71)(H2,64,66,72)/t37-,38-,45?,46?/m1/s1. The number of ether oxygens (including phenoxy) is 2. The molecule has 2 fully saturated rings. The Kier molecular flexibility index (Phi) is 21.5. The molecule has 4 heterocycles. The Hall–Kier alpha value is -3.84. The molecule has 80 heavy (non-hydrogen) atoms. The summed E-state index contributed by atoms with van der Waals surface area (Å²) in [5.41, 5.74) is 9.44. The molecular formula is C56H76Cl4N10O8S2. The second-order valence-electron chi connectivity index (χ2n) is 21.8. The number of carbonyl (C=O) groups is 2. The zero-order valence-corrected chi connectivity index (χ0v) is 50.7. The molecule has 0 aliphatic carbocycles. The number of nitrogens with zero attached hydrogens (tertiary/aromatic N) is 4. The lowest BCUT2D eigenvalue weighted by molar-refractivity contribution is 0.113. The molecule has 4 aromatic carbocycles. The van der Waals surface area contributed by atoms with Crippen molar-refractivity contribution in [1.29, 1.82) is 0 Å². The van der Waals surface area contributed by atoms with Gasteiger partial charge in [0.2, 0.25) is 20.0 Å². The van der Waals surface area contributed by atoms with Gasteiger partial charge in [0.15, 0.2) is 0 Å². The van der Waals surface area contributed by atoms with Crippen molar-refractivity contribution in [2.45, 2.75) is 86.1 Å². The van der Waals surface area contributed by atoms with Crippen LogP contribution >= 0.6 is 46.4 Å². The Morgan fingerprint density at radius 1 is 0.562 bits per heavy atom. The summed E-state index contributed by atoms with van der Waals surface area (Å²) in [7, 11) is -4.00. The average Bonchev–Trinajstić information content (AvgIpc) is 4.07. The molecule has 438 valence electrons. The molecule has 8 N–H and O–H groups in total. The number of nitrogens with two attached hydrogens (primary N) is 2. The maximum Gasteiger partial charge on any atom is 0.314 e. The summed E-state index contributed by atoms with van der Waals surface area (Å²) in [5.74, 6) is -0.436. The number of carbonyl (C=O) groups excluding carboxylic acids is 2. The Labute approximate surface area is 491 Å². The number of likely N-dealkylation sites (tertiary alicyclic amines) is 2. The zero-order valence-electron chi connectivity index (χ0n) is 46.0. The molecule has 8 rings (SSSR count). The van der Waals surface area contributed by atoms with Crippen LogP contribution in [0.25, 0.3) is 0 Å². The van der Waals surface area contributed by atoms with Gasteiger partial charge in [-0.1, -0.05) is 58.5 Å². The van der Waals surface area contributed by atoms with E-state index in [0.717, 1.165) is 81.6 Å². The number of unbranched alkanes of at least 4 members (excludes halogenated alkanes) is 1. The number of amides is 4. The van der Waals surface area contributed by atoms with Crippen molar-refractivity contribution in [3.8, 4) is 0 Å². The highest BCUT2D eigenvalue weighted by Crippen LogP contribution is 2.47. The molecule has 4 aromatic rings. The highest BCUT2D eigenvalue weighted by atomic mass is 35.5. The minimum absolute atomic E-state index is 0.0688. The van der Waals surface area contributed by atoms with Gasteiger partial charge in [-0.2, -0.15) is 0 Å². The Balaban J connectivity index is 0.680. The lowest BCUT2D eigenvalue weighted by atomic mass is 9.78. The summed E-state index contributed by atoms with van der Waals surface area (Å²) in [6.07, 6.45) is 2.85. The fourth-order valence-corrected chi connectivity index (χ4v) is 15.1. The second kappa shape index (κ2) is 27.7. The van der Waals surface area contributed by atoms with E-state index < -0.39 is 20.0 Å². The predicted molar refractivity (Wildman–Crippen MR) is 316 cm³/mol. The summed E-state index contributed by atoms with van der Waals surface area (Å²) in [4.78, 5) is 34.1. The lowest BCUT2D eigenvalue weighted by Gasteiger charge is -2.36. The number of rotatable bonds is 23. The molecule has 24 heteroatoms. The van der Waals surface area contributed by atoms with Gasteiger partial charge in [-0.05, 0) is 171 Å². The summed E-state index contributed by atoms with van der Waals surface area (Å²) in [6, 6.07) is 13.8. The van der Waals surface area contributed by atoms with E-state index in [1.54, 1.807) is 24.3 Å². The molecule has 0 saturated carbocycles. The minimum atomic E-state index is -4.03. The summed E-state index contributed by atoms with van der Waals surface area (Å²) in [5, 5.41) is 25.3. The van der Waals surface area contributed by atoms with Crippen molar-refractivity contribution >= 4 is 78.5 Å². The summed E-state index contributed by atoms with van der Waals surface area (Å²) >= 11 is 26.5. The van der Waals surface area contributed by atoms with E-state index in [1.165, 1.54) is 0 Å². The first kappa shape index (κ1) is 62.2. The molecule has 4 aliphatic heterocycles. The van der Waals surface area contributed by atoms with E-state index >= 15 is 0 Å². The largest absolute Gasteiger partial charge is 0.378 e. The molecule has 2 saturated heterocycles. The first-order valence-electron chi connectivity index (χ1n) is 27.4. The van der Waals surface area contributed by atoms with Gasteiger partial charge in [-0.25, -0.2) is 36.7 Å². The van der Waals surface area contributed by atoms with Gasteiger partial charge < -0.3 is 50.3 Å². The molecule has 4 amide bonds. The van der Waals surface area contributed by atoms with Crippen molar-refractivity contribution in [2.24, 2.45) is 10.3 Å². The van der Waals surface area contributed by atoms with Gasteiger partial charge in [-0.3, -0.25) is 0 Å². The number of sulfonamides is 2. The third kappa shape index (κ3) is 15.7.